The minimum absolute atomic E-state index is 0.0877. The third kappa shape index (κ3) is 6.17. The van der Waals surface area contributed by atoms with Crippen molar-refractivity contribution in [2.24, 2.45) is 0 Å². The molecule has 0 amide bonds. The molecule has 0 atom stereocenters. The zero-order chi connectivity index (χ0) is 19.5. The molecule has 0 saturated carbocycles. The molecule has 0 aliphatic heterocycles. The van der Waals surface area contributed by atoms with Crippen LogP contribution >= 0.6 is 0 Å². The normalized spacial score (nSPS) is 12.1. The summed E-state index contributed by atoms with van der Waals surface area (Å²) in [4.78, 5) is 2.43. The molecule has 0 N–H and O–H groups in total. The van der Waals surface area contributed by atoms with Crippen molar-refractivity contribution in [1.82, 2.24) is 4.90 Å². The molecule has 0 aliphatic carbocycles. The third-order valence-electron chi connectivity index (χ3n) is 4.88. The standard InChI is InChI=1S/C24H35NO2/c1-5-25(6-2)18-13-19-26-20-24(27-21(3)4,22-14-9-7-10-15-22)23-16-11-8-12-17-23/h7-12,14-17,21H,5-6,13,18-20H2,1-4H3. The molecule has 27 heavy (non-hydrogen) atoms. The largest absolute Gasteiger partial charge is 0.378 e. The van der Waals surface area contributed by atoms with Gasteiger partial charge in [-0.25, -0.2) is 0 Å². The topological polar surface area (TPSA) is 21.7 Å². The van der Waals surface area contributed by atoms with E-state index in [1.54, 1.807) is 0 Å². The Bertz CT molecular complexity index is 584. The van der Waals surface area contributed by atoms with Crippen molar-refractivity contribution in [3.05, 3.63) is 71.8 Å². The molecule has 2 rings (SSSR count). The fraction of sp³-hybridized carbons (Fsp3) is 0.500. The third-order valence-corrected chi connectivity index (χ3v) is 4.88. The lowest BCUT2D eigenvalue weighted by molar-refractivity contribution is -0.104. The average Bonchev–Trinajstić information content (AvgIpc) is 2.71. The van der Waals surface area contributed by atoms with Gasteiger partial charge in [-0.15, -0.1) is 0 Å². The predicted octanol–water partition coefficient (Wildman–Crippen LogP) is 5.10. The first-order chi connectivity index (χ1) is 13.1. The molecule has 0 heterocycles. The summed E-state index contributed by atoms with van der Waals surface area (Å²) in [6.07, 6.45) is 1.12. The van der Waals surface area contributed by atoms with Gasteiger partial charge >= 0.3 is 0 Å². The highest BCUT2D eigenvalue weighted by Gasteiger charge is 2.36. The summed E-state index contributed by atoms with van der Waals surface area (Å²) in [7, 11) is 0. The Morgan fingerprint density at radius 1 is 0.852 bits per heavy atom. The highest BCUT2D eigenvalue weighted by atomic mass is 16.5. The van der Waals surface area contributed by atoms with Gasteiger partial charge < -0.3 is 14.4 Å². The van der Waals surface area contributed by atoms with E-state index in [4.69, 9.17) is 9.47 Å². The molecule has 0 bridgehead atoms. The van der Waals surface area contributed by atoms with E-state index in [2.05, 4.69) is 81.1 Å². The lowest BCUT2D eigenvalue weighted by Gasteiger charge is -2.36. The minimum atomic E-state index is -0.591. The van der Waals surface area contributed by atoms with E-state index < -0.39 is 5.60 Å². The van der Waals surface area contributed by atoms with Gasteiger partial charge in [-0.1, -0.05) is 74.5 Å². The molecule has 0 saturated heterocycles. The molecule has 3 nitrogen and oxygen atoms in total. The maximum atomic E-state index is 6.54. The molecule has 2 aromatic carbocycles. The second kappa shape index (κ2) is 11.2. The zero-order valence-electron chi connectivity index (χ0n) is 17.4. The maximum Gasteiger partial charge on any atom is 0.142 e. The molecule has 148 valence electrons. The summed E-state index contributed by atoms with van der Waals surface area (Å²) in [6, 6.07) is 20.9. The molecular formula is C24H35NO2. The minimum Gasteiger partial charge on any atom is -0.378 e. The number of ether oxygens (including phenoxy) is 2. The molecule has 2 aromatic rings. The van der Waals surface area contributed by atoms with Gasteiger partial charge in [0.05, 0.1) is 12.7 Å². The Kier molecular flexibility index (Phi) is 8.99. The van der Waals surface area contributed by atoms with E-state index in [1.807, 2.05) is 12.1 Å². The second-order valence-electron chi connectivity index (χ2n) is 7.16. The summed E-state index contributed by atoms with van der Waals surface area (Å²) >= 11 is 0. The Balaban J connectivity index is 2.19. The van der Waals surface area contributed by atoms with E-state index >= 15 is 0 Å². The number of nitrogens with zero attached hydrogens (tertiary/aromatic N) is 1. The summed E-state index contributed by atoms with van der Waals surface area (Å²) in [5.41, 5.74) is 1.67. The lowest BCUT2D eigenvalue weighted by atomic mass is 9.86. The zero-order valence-corrected chi connectivity index (χ0v) is 17.4. The van der Waals surface area contributed by atoms with Gasteiger partial charge in [0.1, 0.15) is 5.60 Å². The van der Waals surface area contributed by atoms with Crippen LogP contribution < -0.4 is 0 Å². The SMILES string of the molecule is CCN(CC)CCCOCC(OC(C)C)(c1ccccc1)c1ccccc1. The van der Waals surface area contributed by atoms with Gasteiger partial charge in [-0.3, -0.25) is 0 Å². The van der Waals surface area contributed by atoms with Gasteiger partial charge in [0.15, 0.2) is 0 Å². The Morgan fingerprint density at radius 3 is 1.81 bits per heavy atom. The first-order valence-corrected chi connectivity index (χ1v) is 10.2. The van der Waals surface area contributed by atoms with E-state index in [0.29, 0.717) is 6.61 Å². The molecule has 0 aliphatic rings. The van der Waals surface area contributed by atoms with Crippen molar-refractivity contribution in [2.45, 2.75) is 45.8 Å². The van der Waals surface area contributed by atoms with Crippen LogP contribution in [-0.4, -0.2) is 43.9 Å². The van der Waals surface area contributed by atoms with Crippen LogP contribution in [0.5, 0.6) is 0 Å². The van der Waals surface area contributed by atoms with Gasteiger partial charge in [0.25, 0.3) is 0 Å². The first kappa shape index (κ1) is 21.6. The highest BCUT2D eigenvalue weighted by molar-refractivity contribution is 5.36. The predicted molar refractivity (Wildman–Crippen MR) is 113 cm³/mol. The van der Waals surface area contributed by atoms with Crippen LogP contribution in [0, 0.1) is 0 Å². The van der Waals surface area contributed by atoms with Gasteiger partial charge in [0, 0.05) is 13.2 Å². The number of benzene rings is 2. The molecule has 0 fully saturated rings. The van der Waals surface area contributed by atoms with Crippen LogP contribution in [0.1, 0.15) is 45.2 Å². The lowest BCUT2D eigenvalue weighted by Crippen LogP contribution is -2.39. The number of hydrogen-bond acceptors (Lipinski definition) is 3. The van der Waals surface area contributed by atoms with Crippen molar-refractivity contribution in [1.29, 1.82) is 0 Å². The van der Waals surface area contributed by atoms with E-state index in [1.165, 1.54) is 0 Å². The van der Waals surface area contributed by atoms with Crippen LogP contribution in [0.2, 0.25) is 0 Å². The highest BCUT2D eigenvalue weighted by Crippen LogP contribution is 2.35. The molecule has 0 unspecified atom stereocenters. The summed E-state index contributed by atoms with van der Waals surface area (Å²) in [5.74, 6) is 0. The summed E-state index contributed by atoms with van der Waals surface area (Å²) < 4.78 is 12.7. The molecular weight excluding hydrogens is 334 g/mol. The molecule has 3 heteroatoms. The fourth-order valence-electron chi connectivity index (χ4n) is 3.47. The first-order valence-electron chi connectivity index (χ1n) is 10.2. The summed E-state index contributed by atoms with van der Waals surface area (Å²) in [6.45, 7) is 13.1. The Labute approximate surface area is 165 Å². The van der Waals surface area contributed by atoms with Crippen molar-refractivity contribution in [3.63, 3.8) is 0 Å². The maximum absolute atomic E-state index is 6.54. The molecule has 0 radical (unpaired) electrons. The van der Waals surface area contributed by atoms with Crippen LogP contribution in [0.15, 0.2) is 60.7 Å². The molecule has 0 spiro atoms. The van der Waals surface area contributed by atoms with Crippen molar-refractivity contribution < 1.29 is 9.47 Å². The van der Waals surface area contributed by atoms with E-state index in [0.717, 1.165) is 43.8 Å². The number of rotatable bonds is 12. The Hall–Kier alpha value is -1.68. The molecule has 0 aromatic heterocycles. The fourth-order valence-corrected chi connectivity index (χ4v) is 3.47. The van der Waals surface area contributed by atoms with Crippen molar-refractivity contribution in [3.8, 4) is 0 Å². The van der Waals surface area contributed by atoms with Crippen LogP contribution in [0.3, 0.4) is 0 Å². The van der Waals surface area contributed by atoms with E-state index in [9.17, 15) is 0 Å². The van der Waals surface area contributed by atoms with Crippen LogP contribution in [0.4, 0.5) is 0 Å². The average molecular weight is 370 g/mol. The smallest absolute Gasteiger partial charge is 0.142 e. The van der Waals surface area contributed by atoms with Gasteiger partial charge in [0.2, 0.25) is 0 Å². The van der Waals surface area contributed by atoms with Gasteiger partial charge in [-0.2, -0.15) is 0 Å². The van der Waals surface area contributed by atoms with Gasteiger partial charge in [-0.05, 0) is 44.5 Å². The number of hydrogen-bond donors (Lipinski definition) is 0. The Morgan fingerprint density at radius 2 is 1.37 bits per heavy atom. The monoisotopic (exact) mass is 369 g/mol. The van der Waals surface area contributed by atoms with Crippen molar-refractivity contribution >= 4 is 0 Å². The second-order valence-corrected chi connectivity index (χ2v) is 7.16. The summed E-state index contributed by atoms with van der Waals surface area (Å²) in [5, 5.41) is 0. The van der Waals surface area contributed by atoms with Crippen LogP contribution in [-0.2, 0) is 15.1 Å². The van der Waals surface area contributed by atoms with E-state index in [-0.39, 0.29) is 6.10 Å². The van der Waals surface area contributed by atoms with Crippen LogP contribution in [0.25, 0.3) is 0 Å². The quantitative estimate of drug-likeness (QED) is 0.486. The van der Waals surface area contributed by atoms with Crippen molar-refractivity contribution in [2.75, 3.05) is 32.8 Å².